The number of amides is 2. The molecule has 12 heteroatoms. The van der Waals surface area contributed by atoms with E-state index >= 15 is 0 Å². The van der Waals surface area contributed by atoms with Gasteiger partial charge in [-0.05, 0) is 87.8 Å². The van der Waals surface area contributed by atoms with Gasteiger partial charge in [-0.3, -0.25) is 24.5 Å². The molecule has 1 saturated carbocycles. The number of β-amino-alcohol motifs (C(OH)–C–C–N with tert-alkyl or cyclic N) is 1. The molecule has 2 fully saturated rings. The minimum Gasteiger partial charge on any atom is -0.485 e. The summed E-state index contributed by atoms with van der Waals surface area (Å²) in [6.45, 7) is 9.77. The van der Waals surface area contributed by atoms with E-state index in [9.17, 15) is 14.7 Å². The standard InChI is InChI=1S/C35H49N7O5/c1-24-30-13-16-41(20-26(30)9-12-32(24)46-22-29-19-38-23-47-29)21-28(43)18-39-34(44)31(36-2)17-33(37-3)40-27-10-7-25(8-11-27)35(45)42-14-5-4-6-15-42/h9,12,17,19,23,25,27-28,43H,2,4-8,10-11,13-16,18,20-22H2,1,3H3,(H,37,40)(H,39,44)/b31-17-/t25-,27-,28-/m1/s1. The Morgan fingerprint density at radius 3 is 2.68 bits per heavy atom. The first-order valence-corrected chi connectivity index (χ1v) is 16.8. The molecule has 0 unspecified atom stereocenters. The minimum atomic E-state index is -0.752. The average Bonchev–Trinajstić information content (AvgIpc) is 3.63. The van der Waals surface area contributed by atoms with Crippen LogP contribution in [-0.2, 0) is 29.2 Å². The van der Waals surface area contributed by atoms with E-state index in [1.165, 1.54) is 23.9 Å². The number of fused-ring (bicyclic) bond motifs is 1. The molecule has 0 bridgehead atoms. The summed E-state index contributed by atoms with van der Waals surface area (Å²) in [7, 11) is 1.66. The maximum absolute atomic E-state index is 13.0. The third-order valence-electron chi connectivity index (χ3n) is 9.55. The molecular formula is C35H49N7O5. The maximum Gasteiger partial charge on any atom is 0.270 e. The second-order valence-corrected chi connectivity index (χ2v) is 12.8. The number of rotatable bonds is 12. The van der Waals surface area contributed by atoms with E-state index in [1.807, 2.05) is 11.0 Å². The van der Waals surface area contributed by atoms with Gasteiger partial charge in [0.05, 0.1) is 12.3 Å². The Kier molecular flexibility index (Phi) is 12.2. The molecule has 2 amide bonds. The molecule has 3 N–H and O–H groups in total. The van der Waals surface area contributed by atoms with Gasteiger partial charge in [-0.25, -0.2) is 4.98 Å². The van der Waals surface area contributed by atoms with E-state index in [0.29, 0.717) is 37.2 Å². The largest absolute Gasteiger partial charge is 0.485 e. The predicted molar refractivity (Wildman–Crippen MR) is 180 cm³/mol. The van der Waals surface area contributed by atoms with Crippen LogP contribution in [0.15, 0.2) is 50.9 Å². The number of amidine groups is 1. The van der Waals surface area contributed by atoms with Crippen molar-refractivity contribution in [3.05, 3.63) is 58.9 Å². The normalized spacial score (nSPS) is 21.5. The molecule has 0 radical (unpaired) electrons. The van der Waals surface area contributed by atoms with Crippen LogP contribution in [0.3, 0.4) is 0 Å². The van der Waals surface area contributed by atoms with E-state index in [-0.39, 0.29) is 24.2 Å². The Morgan fingerprint density at radius 2 is 1.98 bits per heavy atom. The Hall–Kier alpha value is -4.03. The minimum absolute atomic E-state index is 0.0869. The average molecular weight is 648 g/mol. The predicted octanol–water partition coefficient (Wildman–Crippen LogP) is 3.17. The lowest BCUT2D eigenvalue weighted by atomic mass is 9.84. The Bertz CT molecular complexity index is 1430. The Labute approximate surface area is 277 Å². The number of aliphatic imine (C=N–C) groups is 2. The summed E-state index contributed by atoms with van der Waals surface area (Å²) in [4.78, 5) is 42.3. The van der Waals surface area contributed by atoms with Crippen molar-refractivity contribution in [1.29, 1.82) is 0 Å². The summed E-state index contributed by atoms with van der Waals surface area (Å²) in [5.74, 6) is 2.03. The zero-order valence-electron chi connectivity index (χ0n) is 27.7. The van der Waals surface area contributed by atoms with E-state index in [1.54, 1.807) is 19.3 Å². The van der Waals surface area contributed by atoms with Crippen LogP contribution in [0, 0.1) is 12.8 Å². The van der Waals surface area contributed by atoms with E-state index in [2.05, 4.69) is 50.2 Å². The summed E-state index contributed by atoms with van der Waals surface area (Å²) in [5, 5.41) is 17.0. The quantitative estimate of drug-likeness (QED) is 0.181. The number of nitrogens with zero attached hydrogens (tertiary/aromatic N) is 5. The molecule has 1 aliphatic carbocycles. The zero-order chi connectivity index (χ0) is 33.2. The van der Waals surface area contributed by atoms with Crippen LogP contribution in [-0.4, -0.2) is 96.2 Å². The Balaban J connectivity index is 1.05. The van der Waals surface area contributed by atoms with Crippen LogP contribution in [0.1, 0.15) is 67.4 Å². The number of ether oxygens (including phenoxy) is 1. The molecule has 2 aliphatic heterocycles. The third-order valence-corrected chi connectivity index (χ3v) is 9.55. The number of nitrogens with one attached hydrogen (secondary N) is 2. The molecule has 3 heterocycles. The first-order valence-electron chi connectivity index (χ1n) is 16.8. The number of aliphatic hydroxyl groups excluding tert-OH is 1. The van der Waals surface area contributed by atoms with Gasteiger partial charge in [0.1, 0.15) is 23.9 Å². The molecule has 2 aromatic rings. The van der Waals surface area contributed by atoms with Crippen molar-refractivity contribution in [3.63, 3.8) is 0 Å². The molecular weight excluding hydrogens is 598 g/mol. The summed E-state index contributed by atoms with van der Waals surface area (Å²) < 4.78 is 11.2. The molecule has 0 spiro atoms. The van der Waals surface area contributed by atoms with Crippen molar-refractivity contribution < 1.29 is 23.8 Å². The lowest BCUT2D eigenvalue weighted by Gasteiger charge is -2.34. The fraction of sp³-hybridized carbons (Fsp3) is 0.571. The highest BCUT2D eigenvalue weighted by molar-refractivity contribution is 6.03. The number of aromatic nitrogens is 1. The van der Waals surface area contributed by atoms with Crippen molar-refractivity contribution in [2.45, 2.75) is 83.6 Å². The van der Waals surface area contributed by atoms with Gasteiger partial charge in [0.25, 0.3) is 5.91 Å². The van der Waals surface area contributed by atoms with Crippen molar-refractivity contribution in [3.8, 4) is 5.75 Å². The molecule has 1 aromatic heterocycles. The maximum atomic E-state index is 13.0. The van der Waals surface area contributed by atoms with Gasteiger partial charge in [0, 0.05) is 64.4 Å². The van der Waals surface area contributed by atoms with Crippen molar-refractivity contribution in [1.82, 2.24) is 25.4 Å². The molecule has 1 atom stereocenters. The van der Waals surface area contributed by atoms with E-state index < -0.39 is 12.0 Å². The molecule has 254 valence electrons. The number of piperidine rings is 1. The number of hydrogen-bond acceptors (Lipinski definition) is 9. The molecule has 1 aromatic carbocycles. The topological polar surface area (TPSA) is 145 Å². The number of likely N-dealkylation sites (tertiary alicyclic amines) is 1. The Morgan fingerprint density at radius 1 is 1.19 bits per heavy atom. The van der Waals surface area contributed by atoms with Crippen LogP contribution in [0.4, 0.5) is 0 Å². The molecule has 47 heavy (non-hydrogen) atoms. The van der Waals surface area contributed by atoms with Crippen molar-refractivity contribution >= 4 is 24.4 Å². The van der Waals surface area contributed by atoms with Crippen molar-refractivity contribution in [2.75, 3.05) is 39.8 Å². The van der Waals surface area contributed by atoms with Gasteiger partial charge < -0.3 is 29.8 Å². The number of carbonyl (C=O) groups excluding carboxylic acids is 2. The third kappa shape index (κ3) is 9.29. The summed E-state index contributed by atoms with van der Waals surface area (Å²) in [5.41, 5.74) is 3.72. The van der Waals surface area contributed by atoms with Crippen LogP contribution < -0.4 is 15.4 Å². The fourth-order valence-electron chi connectivity index (χ4n) is 6.87. The summed E-state index contributed by atoms with van der Waals surface area (Å²) >= 11 is 0. The summed E-state index contributed by atoms with van der Waals surface area (Å²) in [6.07, 6.45) is 11.6. The van der Waals surface area contributed by atoms with Gasteiger partial charge in [0.2, 0.25) is 5.91 Å². The first-order chi connectivity index (χ1) is 22.8. The molecule has 3 aliphatic rings. The highest BCUT2D eigenvalue weighted by Gasteiger charge is 2.30. The highest BCUT2D eigenvalue weighted by Crippen LogP contribution is 2.30. The SMILES string of the molecule is C=N/C(=C\C(=N/C)N[C@H]1CC[C@H](C(=O)N2CCCCC2)CC1)C(=O)NC[C@@H](O)CN1CCc2c(ccc(OCc3cnco3)c2C)C1. The van der Waals surface area contributed by atoms with E-state index in [0.717, 1.165) is 75.9 Å². The second-order valence-electron chi connectivity index (χ2n) is 12.8. The number of oxazole rings is 1. The molecule has 5 rings (SSSR count). The van der Waals surface area contributed by atoms with Crippen LogP contribution in [0.25, 0.3) is 0 Å². The molecule has 1 saturated heterocycles. The monoisotopic (exact) mass is 647 g/mol. The first kappa shape index (κ1) is 34.3. The number of aliphatic hydroxyl groups is 1. The van der Waals surface area contributed by atoms with Crippen LogP contribution in [0.5, 0.6) is 5.75 Å². The van der Waals surface area contributed by atoms with Crippen LogP contribution >= 0.6 is 0 Å². The lowest BCUT2D eigenvalue weighted by Crippen LogP contribution is -2.44. The van der Waals surface area contributed by atoms with Gasteiger partial charge in [-0.1, -0.05) is 6.07 Å². The smallest absolute Gasteiger partial charge is 0.270 e. The number of carbonyl (C=O) groups is 2. The van der Waals surface area contributed by atoms with Gasteiger partial charge >= 0.3 is 0 Å². The summed E-state index contributed by atoms with van der Waals surface area (Å²) in [6, 6.07) is 4.22. The van der Waals surface area contributed by atoms with Crippen LogP contribution in [0.2, 0.25) is 0 Å². The van der Waals surface area contributed by atoms with Gasteiger partial charge in [0.15, 0.2) is 12.2 Å². The van der Waals surface area contributed by atoms with Gasteiger partial charge in [-0.15, -0.1) is 0 Å². The number of hydrogen-bond donors (Lipinski definition) is 3. The molecule has 12 nitrogen and oxygen atoms in total. The number of benzene rings is 1. The lowest BCUT2D eigenvalue weighted by molar-refractivity contribution is -0.137. The van der Waals surface area contributed by atoms with E-state index in [4.69, 9.17) is 9.15 Å². The zero-order valence-corrected chi connectivity index (χ0v) is 27.7. The van der Waals surface area contributed by atoms with Gasteiger partial charge in [-0.2, -0.15) is 0 Å². The fourth-order valence-corrected chi connectivity index (χ4v) is 6.87. The second kappa shape index (κ2) is 16.7. The van der Waals surface area contributed by atoms with Crippen molar-refractivity contribution in [2.24, 2.45) is 15.9 Å². The highest BCUT2D eigenvalue weighted by atomic mass is 16.5.